The van der Waals surface area contributed by atoms with Crippen LogP contribution in [0.15, 0.2) is 12.2 Å². The molecule has 0 aromatic carbocycles. The molecule has 32 heavy (non-hydrogen) atoms. The van der Waals surface area contributed by atoms with E-state index in [1.165, 1.54) is 76.7 Å². The number of nitrogens with two attached hydrogens (primary N) is 2. The van der Waals surface area contributed by atoms with Gasteiger partial charge in [0.1, 0.15) is 12.2 Å². The van der Waals surface area contributed by atoms with Gasteiger partial charge in [-0.1, -0.05) is 96.5 Å². The number of carbonyl (C=O) groups is 2. The van der Waals surface area contributed by atoms with E-state index >= 15 is 0 Å². The topological polar surface area (TPSA) is 167 Å². The Morgan fingerprint density at radius 3 is 1.56 bits per heavy atom. The van der Waals surface area contributed by atoms with E-state index in [0.717, 1.165) is 25.3 Å². The maximum absolute atomic E-state index is 11.6. The molecule has 0 aromatic rings. The fraction of sp³-hybridized carbons (Fsp3) is 0.833. The first kappa shape index (κ1) is 30.5. The lowest BCUT2D eigenvalue weighted by molar-refractivity contribution is -0.164. The summed E-state index contributed by atoms with van der Waals surface area (Å²) in [6, 6.07) is 0. The highest BCUT2D eigenvalue weighted by molar-refractivity contribution is 5.87. The molecule has 0 saturated carbocycles. The van der Waals surface area contributed by atoms with Crippen LogP contribution >= 0.6 is 0 Å². The zero-order chi connectivity index (χ0) is 24.4. The fourth-order valence-corrected chi connectivity index (χ4v) is 3.65. The van der Waals surface area contributed by atoms with Crippen LogP contribution in [-0.2, 0) is 9.59 Å². The lowest BCUT2D eigenvalue weighted by Gasteiger charge is -2.31. The third-order valence-electron chi connectivity index (χ3n) is 5.88. The minimum Gasteiger partial charge on any atom is -0.387 e. The fourth-order valence-electron chi connectivity index (χ4n) is 3.65. The molecule has 0 aliphatic rings. The Bertz CT molecular complexity index is 543. The molecular weight excluding hydrogens is 412 g/mol. The van der Waals surface area contributed by atoms with Gasteiger partial charge in [-0.25, -0.2) is 0 Å². The van der Waals surface area contributed by atoms with E-state index in [1.54, 1.807) is 0 Å². The highest BCUT2D eigenvalue weighted by Crippen LogP contribution is 2.19. The van der Waals surface area contributed by atoms with E-state index in [2.05, 4.69) is 6.92 Å². The molecule has 4 atom stereocenters. The van der Waals surface area contributed by atoms with E-state index in [1.807, 2.05) is 0 Å². The zero-order valence-electron chi connectivity index (χ0n) is 19.8. The molecular formula is C24H46N2O6. The summed E-state index contributed by atoms with van der Waals surface area (Å²) in [6.45, 7) is 2.24. The molecule has 0 spiro atoms. The van der Waals surface area contributed by atoms with Gasteiger partial charge in [0.05, 0.1) is 0 Å². The lowest BCUT2D eigenvalue weighted by atomic mass is 9.88. The highest BCUT2D eigenvalue weighted by atomic mass is 16.4. The smallest absolute Gasteiger partial charge is 0.256 e. The summed E-state index contributed by atoms with van der Waals surface area (Å²) >= 11 is 0. The molecule has 0 saturated heterocycles. The SMILES string of the molecule is CCCCCCCCCCCCCCCC/C=C/C(O)(C(N)=O)C(O)C(O)C(O)C(N)=O. The Morgan fingerprint density at radius 2 is 1.19 bits per heavy atom. The molecule has 0 radical (unpaired) electrons. The van der Waals surface area contributed by atoms with Crippen LogP contribution in [0.4, 0.5) is 0 Å². The van der Waals surface area contributed by atoms with Gasteiger partial charge in [0, 0.05) is 0 Å². The minimum absolute atomic E-state index is 0.550. The average Bonchev–Trinajstić information content (AvgIpc) is 2.76. The van der Waals surface area contributed by atoms with Gasteiger partial charge >= 0.3 is 0 Å². The van der Waals surface area contributed by atoms with E-state index in [-0.39, 0.29) is 0 Å². The molecule has 4 unspecified atom stereocenters. The van der Waals surface area contributed by atoms with Crippen molar-refractivity contribution in [2.24, 2.45) is 11.5 Å². The normalized spacial score (nSPS) is 16.5. The number of unbranched alkanes of at least 4 members (excludes halogenated alkanes) is 14. The van der Waals surface area contributed by atoms with Gasteiger partial charge in [0.25, 0.3) is 5.91 Å². The molecule has 8 N–H and O–H groups in total. The monoisotopic (exact) mass is 458 g/mol. The number of allylic oxidation sites excluding steroid dienone is 1. The van der Waals surface area contributed by atoms with Gasteiger partial charge < -0.3 is 31.9 Å². The molecule has 0 aromatic heterocycles. The van der Waals surface area contributed by atoms with Crippen molar-refractivity contribution in [2.45, 2.75) is 127 Å². The summed E-state index contributed by atoms with van der Waals surface area (Å²) in [5.74, 6) is -2.60. The van der Waals surface area contributed by atoms with E-state index in [9.17, 15) is 30.0 Å². The summed E-state index contributed by atoms with van der Waals surface area (Å²) in [4.78, 5) is 22.5. The number of aliphatic hydroxyl groups is 4. The van der Waals surface area contributed by atoms with Crippen LogP contribution in [0.5, 0.6) is 0 Å². The summed E-state index contributed by atoms with van der Waals surface area (Å²) < 4.78 is 0. The van der Waals surface area contributed by atoms with Crippen LogP contribution in [0, 0.1) is 0 Å². The summed E-state index contributed by atoms with van der Waals surface area (Å²) in [7, 11) is 0. The van der Waals surface area contributed by atoms with E-state index < -0.39 is 35.7 Å². The maximum atomic E-state index is 11.6. The predicted octanol–water partition coefficient (Wildman–Crippen LogP) is 2.20. The van der Waals surface area contributed by atoms with Crippen LogP contribution in [-0.4, -0.2) is 56.2 Å². The summed E-state index contributed by atoms with van der Waals surface area (Å²) in [5.41, 5.74) is 7.38. The van der Waals surface area contributed by atoms with Crippen LogP contribution in [0.2, 0.25) is 0 Å². The Morgan fingerprint density at radius 1 is 0.781 bits per heavy atom. The quantitative estimate of drug-likeness (QED) is 0.114. The number of primary amides is 2. The third-order valence-corrected chi connectivity index (χ3v) is 5.88. The molecule has 2 amide bonds. The van der Waals surface area contributed by atoms with Crippen LogP contribution in [0.25, 0.3) is 0 Å². The number of rotatable bonds is 21. The predicted molar refractivity (Wildman–Crippen MR) is 125 cm³/mol. The minimum atomic E-state index is -2.62. The molecule has 8 nitrogen and oxygen atoms in total. The molecule has 0 aliphatic carbocycles. The Balaban J connectivity index is 3.99. The van der Waals surface area contributed by atoms with Gasteiger partial charge in [-0.2, -0.15) is 0 Å². The first-order chi connectivity index (χ1) is 15.2. The van der Waals surface area contributed by atoms with Crippen molar-refractivity contribution in [3.05, 3.63) is 12.2 Å². The van der Waals surface area contributed by atoms with Crippen molar-refractivity contribution in [3.8, 4) is 0 Å². The number of hydrogen-bond donors (Lipinski definition) is 6. The first-order valence-electron chi connectivity index (χ1n) is 12.2. The van der Waals surface area contributed by atoms with Crippen molar-refractivity contribution < 1.29 is 30.0 Å². The van der Waals surface area contributed by atoms with Crippen molar-refractivity contribution in [1.29, 1.82) is 0 Å². The number of carbonyl (C=O) groups excluding carboxylic acids is 2. The summed E-state index contributed by atoms with van der Waals surface area (Å²) in [5, 5.41) is 39.6. The third kappa shape index (κ3) is 12.5. The number of hydrogen-bond acceptors (Lipinski definition) is 6. The molecule has 8 heteroatoms. The largest absolute Gasteiger partial charge is 0.387 e. The van der Waals surface area contributed by atoms with Gasteiger partial charge in [-0.3, -0.25) is 9.59 Å². The Labute approximate surface area is 193 Å². The average molecular weight is 459 g/mol. The number of aliphatic hydroxyl groups excluding tert-OH is 3. The molecule has 188 valence electrons. The second-order valence-electron chi connectivity index (χ2n) is 8.76. The Kier molecular flexibility index (Phi) is 17.2. The zero-order valence-corrected chi connectivity index (χ0v) is 19.8. The van der Waals surface area contributed by atoms with Gasteiger partial charge in [-0.05, 0) is 18.9 Å². The van der Waals surface area contributed by atoms with Crippen LogP contribution in [0.3, 0.4) is 0 Å². The second-order valence-corrected chi connectivity index (χ2v) is 8.76. The molecule has 0 fully saturated rings. The molecule has 0 heterocycles. The van der Waals surface area contributed by atoms with Crippen molar-refractivity contribution in [1.82, 2.24) is 0 Å². The van der Waals surface area contributed by atoms with Gasteiger partial charge in [-0.15, -0.1) is 0 Å². The van der Waals surface area contributed by atoms with Crippen LogP contribution < -0.4 is 11.5 Å². The second kappa shape index (κ2) is 18.0. The summed E-state index contributed by atoms with van der Waals surface area (Å²) in [6.07, 6.45) is 13.9. The van der Waals surface area contributed by atoms with Gasteiger partial charge in [0.2, 0.25) is 5.91 Å². The molecule has 0 rings (SSSR count). The molecule has 0 bridgehead atoms. The van der Waals surface area contributed by atoms with E-state index in [0.29, 0.717) is 6.42 Å². The maximum Gasteiger partial charge on any atom is 0.256 e. The van der Waals surface area contributed by atoms with E-state index in [4.69, 9.17) is 11.5 Å². The standard InChI is InChI=1S/C24H46N2O6/c1-2-3-4-5-6-7-8-9-10-11-12-13-14-15-16-17-18-24(32,23(26)31)21(29)19(27)20(28)22(25)30/h17-21,27-29,32H,2-16H2,1H3,(H2,25,30)(H2,26,31)/b18-17+. The van der Waals surface area contributed by atoms with Crippen molar-refractivity contribution in [3.63, 3.8) is 0 Å². The lowest BCUT2D eigenvalue weighted by Crippen LogP contribution is -2.60. The molecule has 0 aliphatic heterocycles. The number of amides is 2. The van der Waals surface area contributed by atoms with Crippen molar-refractivity contribution in [2.75, 3.05) is 0 Å². The first-order valence-corrected chi connectivity index (χ1v) is 12.2. The van der Waals surface area contributed by atoms with Gasteiger partial charge in [0.15, 0.2) is 11.7 Å². The van der Waals surface area contributed by atoms with Crippen LogP contribution in [0.1, 0.15) is 103 Å². The van der Waals surface area contributed by atoms with Crippen molar-refractivity contribution >= 4 is 11.8 Å². The Hall–Kier alpha value is -1.48. The highest BCUT2D eigenvalue weighted by Gasteiger charge is 2.46.